The average Bonchev–Trinajstić information content (AvgIpc) is 2.08. The van der Waals surface area contributed by atoms with E-state index >= 15 is 0 Å². The quantitative estimate of drug-likeness (QED) is 0.540. The fraction of sp³-hybridized carbons (Fsp3) is 0.143. The first-order valence-electron chi connectivity index (χ1n) is 3.84. The topological polar surface area (TPSA) is 100 Å². The minimum Gasteiger partial charge on any atom is -0.383 e. The molecule has 2 rings (SSSR count). The number of hydrogen-bond acceptors (Lipinski definition) is 5. The molecule has 2 heterocycles. The summed E-state index contributed by atoms with van der Waals surface area (Å²) in [5.41, 5.74) is 6.42. The van der Waals surface area contributed by atoms with E-state index < -0.39 is 0 Å². The molecule has 0 saturated heterocycles. The van der Waals surface area contributed by atoms with Crippen molar-refractivity contribution < 1.29 is 0 Å². The average molecular weight is 209 g/mol. The summed E-state index contributed by atoms with van der Waals surface area (Å²) in [4.78, 5) is 24.3. The van der Waals surface area contributed by atoms with Gasteiger partial charge >= 0.3 is 0 Å². The van der Waals surface area contributed by atoms with Gasteiger partial charge in [0.05, 0.1) is 0 Å². The molecule has 0 fully saturated rings. The Bertz CT molecular complexity index is 613. The van der Waals surface area contributed by atoms with E-state index in [0.29, 0.717) is 22.7 Å². The maximum absolute atomic E-state index is 11.2. The lowest BCUT2D eigenvalue weighted by molar-refractivity contribution is 1.06. The number of aryl methyl sites for hydroxylation is 1. The number of nitrogens with two attached hydrogens (primary N) is 1. The molecule has 0 aliphatic rings. The third-order valence-corrected chi connectivity index (χ3v) is 1.97. The SMILES string of the molecule is Cc1nc2c(N)[nH]c(=S)nc2[nH]c1=O. The van der Waals surface area contributed by atoms with E-state index in [4.69, 9.17) is 18.0 Å². The second kappa shape index (κ2) is 2.88. The van der Waals surface area contributed by atoms with E-state index in [1.165, 1.54) is 0 Å². The molecule has 0 bridgehead atoms. The maximum atomic E-state index is 11.2. The van der Waals surface area contributed by atoms with Gasteiger partial charge in [-0.1, -0.05) is 0 Å². The Kier molecular flexibility index (Phi) is 1.81. The van der Waals surface area contributed by atoms with E-state index in [-0.39, 0.29) is 10.3 Å². The number of aromatic nitrogens is 4. The Hall–Kier alpha value is -1.76. The van der Waals surface area contributed by atoms with E-state index in [1.54, 1.807) is 6.92 Å². The molecule has 7 heteroatoms. The normalized spacial score (nSPS) is 10.6. The second-order valence-corrected chi connectivity index (χ2v) is 3.19. The highest BCUT2D eigenvalue weighted by atomic mass is 32.1. The Balaban J connectivity index is 3.03. The molecule has 0 amide bonds. The zero-order valence-electron chi connectivity index (χ0n) is 7.29. The molecule has 2 aromatic heterocycles. The molecule has 0 atom stereocenters. The number of nitrogens with zero attached hydrogens (tertiary/aromatic N) is 2. The number of nitrogen functional groups attached to an aromatic ring is 1. The van der Waals surface area contributed by atoms with Gasteiger partial charge in [0.25, 0.3) is 5.56 Å². The lowest BCUT2D eigenvalue weighted by atomic mass is 10.4. The van der Waals surface area contributed by atoms with Crippen LogP contribution in [0.1, 0.15) is 5.69 Å². The lowest BCUT2D eigenvalue weighted by Gasteiger charge is -2.00. The van der Waals surface area contributed by atoms with Crippen LogP contribution in [0.3, 0.4) is 0 Å². The van der Waals surface area contributed by atoms with Crippen LogP contribution in [0.2, 0.25) is 0 Å². The monoisotopic (exact) mass is 209 g/mol. The van der Waals surface area contributed by atoms with E-state index in [1.807, 2.05) is 0 Å². The first-order chi connectivity index (χ1) is 6.58. The molecule has 0 spiro atoms. The maximum Gasteiger partial charge on any atom is 0.270 e. The molecule has 6 nitrogen and oxygen atoms in total. The smallest absolute Gasteiger partial charge is 0.270 e. The van der Waals surface area contributed by atoms with Crippen LogP contribution in [-0.4, -0.2) is 19.9 Å². The molecule has 0 radical (unpaired) electrons. The molecule has 72 valence electrons. The van der Waals surface area contributed by atoms with Crippen molar-refractivity contribution in [2.24, 2.45) is 0 Å². The van der Waals surface area contributed by atoms with Crippen molar-refractivity contribution in [3.8, 4) is 0 Å². The first-order valence-corrected chi connectivity index (χ1v) is 4.25. The minimum absolute atomic E-state index is 0.219. The van der Waals surface area contributed by atoms with E-state index in [9.17, 15) is 4.79 Å². The number of H-pyrrole nitrogens is 2. The third kappa shape index (κ3) is 1.27. The Labute approximate surface area is 83.2 Å². The van der Waals surface area contributed by atoms with Crippen LogP contribution in [0.4, 0.5) is 5.82 Å². The molecule has 0 unspecified atom stereocenters. The van der Waals surface area contributed by atoms with Crippen LogP contribution in [0.5, 0.6) is 0 Å². The summed E-state index contributed by atoms with van der Waals surface area (Å²) in [6.45, 7) is 1.60. The number of rotatable bonds is 0. The summed E-state index contributed by atoms with van der Waals surface area (Å²) >= 11 is 4.81. The summed E-state index contributed by atoms with van der Waals surface area (Å²) in [7, 11) is 0. The van der Waals surface area contributed by atoms with Gasteiger partial charge in [-0.3, -0.25) is 4.79 Å². The van der Waals surface area contributed by atoms with Crippen molar-refractivity contribution in [1.82, 2.24) is 19.9 Å². The summed E-state index contributed by atoms with van der Waals surface area (Å²) in [6.07, 6.45) is 0. The molecule has 0 saturated carbocycles. The van der Waals surface area contributed by atoms with Gasteiger partial charge in [-0.15, -0.1) is 0 Å². The number of fused-ring (bicyclic) bond motifs is 1. The predicted octanol–water partition coefficient (Wildman–Crippen LogP) is 0.266. The highest BCUT2D eigenvalue weighted by molar-refractivity contribution is 7.71. The summed E-state index contributed by atoms with van der Waals surface area (Å²) < 4.78 is 0.219. The van der Waals surface area contributed by atoms with Crippen LogP contribution in [0, 0.1) is 11.7 Å². The first kappa shape index (κ1) is 8.82. The minimum atomic E-state index is -0.287. The van der Waals surface area contributed by atoms with Crippen molar-refractivity contribution >= 4 is 29.2 Å². The van der Waals surface area contributed by atoms with Gasteiger partial charge in [0.15, 0.2) is 10.4 Å². The molecule has 0 aliphatic carbocycles. The lowest BCUT2D eigenvalue weighted by Crippen LogP contribution is -2.13. The second-order valence-electron chi connectivity index (χ2n) is 2.80. The van der Waals surface area contributed by atoms with Gasteiger partial charge in [-0.05, 0) is 19.1 Å². The van der Waals surface area contributed by atoms with Gasteiger partial charge in [0, 0.05) is 0 Å². The molecule has 14 heavy (non-hydrogen) atoms. The number of nitrogens with one attached hydrogen (secondary N) is 2. The summed E-state index contributed by atoms with van der Waals surface area (Å²) in [5.74, 6) is 0.305. The van der Waals surface area contributed by atoms with Gasteiger partial charge in [0.1, 0.15) is 17.0 Å². The molecular formula is C7H7N5OS. The van der Waals surface area contributed by atoms with Crippen molar-refractivity contribution in [3.05, 3.63) is 20.8 Å². The van der Waals surface area contributed by atoms with Gasteiger partial charge < -0.3 is 15.7 Å². The van der Waals surface area contributed by atoms with Crippen LogP contribution in [0.15, 0.2) is 4.79 Å². The van der Waals surface area contributed by atoms with Crippen LogP contribution < -0.4 is 11.3 Å². The van der Waals surface area contributed by atoms with Crippen LogP contribution in [-0.2, 0) is 0 Å². The molecule has 4 N–H and O–H groups in total. The Morgan fingerprint density at radius 1 is 1.36 bits per heavy atom. The van der Waals surface area contributed by atoms with Gasteiger partial charge in [-0.25, -0.2) is 9.97 Å². The fourth-order valence-electron chi connectivity index (χ4n) is 1.10. The van der Waals surface area contributed by atoms with Crippen molar-refractivity contribution in [2.45, 2.75) is 6.92 Å². The number of aromatic amines is 2. The standard InChI is InChI=1S/C7H7N5OS/c1-2-6(13)11-5-3(9-2)4(8)10-7(14)12-5/h1H3,(H4,8,10,11,12,13,14). The summed E-state index contributed by atoms with van der Waals surface area (Å²) in [5, 5.41) is 0. The number of hydrogen-bond donors (Lipinski definition) is 3. The molecule has 0 aliphatic heterocycles. The summed E-state index contributed by atoms with van der Waals surface area (Å²) in [6, 6.07) is 0. The van der Waals surface area contributed by atoms with Crippen molar-refractivity contribution in [2.75, 3.05) is 5.73 Å². The molecular weight excluding hydrogens is 202 g/mol. The third-order valence-electron chi connectivity index (χ3n) is 1.77. The largest absolute Gasteiger partial charge is 0.383 e. The fourth-order valence-corrected chi connectivity index (χ4v) is 1.30. The van der Waals surface area contributed by atoms with Crippen molar-refractivity contribution in [3.63, 3.8) is 0 Å². The van der Waals surface area contributed by atoms with E-state index in [0.717, 1.165) is 0 Å². The molecule has 0 aromatic carbocycles. The Morgan fingerprint density at radius 3 is 2.79 bits per heavy atom. The van der Waals surface area contributed by atoms with E-state index in [2.05, 4.69) is 19.9 Å². The zero-order chi connectivity index (χ0) is 10.3. The highest BCUT2D eigenvalue weighted by Gasteiger charge is 2.04. The molecule has 2 aromatic rings. The predicted molar refractivity (Wildman–Crippen MR) is 54.5 cm³/mol. The van der Waals surface area contributed by atoms with Gasteiger partial charge in [0.2, 0.25) is 0 Å². The number of anilines is 1. The zero-order valence-corrected chi connectivity index (χ0v) is 8.10. The van der Waals surface area contributed by atoms with Crippen molar-refractivity contribution in [1.29, 1.82) is 0 Å². The highest BCUT2D eigenvalue weighted by Crippen LogP contribution is 2.09. The van der Waals surface area contributed by atoms with Crippen LogP contribution >= 0.6 is 12.2 Å². The Morgan fingerprint density at radius 2 is 2.07 bits per heavy atom. The van der Waals surface area contributed by atoms with Gasteiger partial charge in [-0.2, -0.15) is 0 Å². The van der Waals surface area contributed by atoms with Crippen LogP contribution in [0.25, 0.3) is 11.2 Å².